The summed E-state index contributed by atoms with van der Waals surface area (Å²) in [5.41, 5.74) is 1.88. The van der Waals surface area contributed by atoms with Crippen molar-refractivity contribution in [3.63, 3.8) is 0 Å². The first-order valence-electron chi connectivity index (χ1n) is 4.55. The molecule has 2 aromatic heterocycles. The highest BCUT2D eigenvalue weighted by Crippen LogP contribution is 2.31. The van der Waals surface area contributed by atoms with Gasteiger partial charge in [-0.25, -0.2) is 4.98 Å². The quantitative estimate of drug-likeness (QED) is 0.505. The second kappa shape index (κ2) is 2.97. The molecule has 3 heterocycles. The summed E-state index contributed by atoms with van der Waals surface area (Å²) in [5.74, 6) is 0.713. The number of ether oxygens (including phenoxy) is 1. The van der Waals surface area contributed by atoms with Gasteiger partial charge in [-0.2, -0.15) is 5.10 Å². The molecule has 76 valence electrons. The lowest BCUT2D eigenvalue weighted by atomic mass is 10.3. The maximum absolute atomic E-state index is 5.97. The fourth-order valence-electron chi connectivity index (χ4n) is 1.70. The predicted octanol–water partition coefficient (Wildman–Crippen LogP) is 2.03. The Labute approximate surface area is 91.1 Å². The van der Waals surface area contributed by atoms with Crippen LogP contribution in [0.1, 0.15) is 0 Å². The number of hydrogen-bond acceptors (Lipinski definition) is 3. The highest BCUT2D eigenvalue weighted by Gasteiger charge is 2.17. The maximum atomic E-state index is 5.97. The Balaban J connectivity index is 2.38. The van der Waals surface area contributed by atoms with Crippen molar-refractivity contribution in [2.24, 2.45) is 0 Å². The van der Waals surface area contributed by atoms with E-state index in [9.17, 15) is 0 Å². The molecular weight excluding hydrogens is 214 g/mol. The zero-order chi connectivity index (χ0) is 10.4. The van der Waals surface area contributed by atoms with Crippen molar-refractivity contribution in [2.45, 2.75) is 6.54 Å². The Hall–Kier alpha value is -1.55. The normalized spacial score (nSPS) is 15.1. The van der Waals surface area contributed by atoms with Crippen molar-refractivity contribution in [2.75, 3.05) is 6.61 Å². The summed E-state index contributed by atoms with van der Waals surface area (Å²) in [5, 5.41) is 5.53. The molecule has 0 spiro atoms. The third kappa shape index (κ3) is 1.22. The summed E-state index contributed by atoms with van der Waals surface area (Å²) in [6, 6.07) is 0. The van der Waals surface area contributed by atoms with Gasteiger partial charge >= 0.3 is 0 Å². The zero-order valence-electron chi connectivity index (χ0n) is 7.90. The molecule has 1 aliphatic rings. The van der Waals surface area contributed by atoms with Gasteiger partial charge in [-0.1, -0.05) is 18.2 Å². The van der Waals surface area contributed by atoms with Crippen LogP contribution in [0, 0.1) is 0 Å². The minimum atomic E-state index is 0.455. The van der Waals surface area contributed by atoms with E-state index in [2.05, 4.69) is 16.7 Å². The van der Waals surface area contributed by atoms with E-state index in [1.54, 1.807) is 12.4 Å². The van der Waals surface area contributed by atoms with E-state index < -0.39 is 0 Å². The van der Waals surface area contributed by atoms with Gasteiger partial charge in [0.05, 0.1) is 24.3 Å². The Bertz CT molecular complexity index is 561. The van der Waals surface area contributed by atoms with Crippen LogP contribution in [0.3, 0.4) is 0 Å². The Kier molecular flexibility index (Phi) is 1.73. The first-order valence-corrected chi connectivity index (χ1v) is 4.93. The van der Waals surface area contributed by atoms with Crippen LogP contribution in [-0.4, -0.2) is 21.4 Å². The van der Waals surface area contributed by atoms with Gasteiger partial charge in [0.2, 0.25) is 0 Å². The molecule has 0 N–H and O–H groups in total. The van der Waals surface area contributed by atoms with E-state index in [0.717, 1.165) is 16.5 Å². The fraction of sp³-hybridized carbons (Fsp3) is 0.200. The molecule has 0 unspecified atom stereocenters. The summed E-state index contributed by atoms with van der Waals surface area (Å²) >= 11 is 5.97. The van der Waals surface area contributed by atoms with Crippen LogP contribution in [0.2, 0.25) is 5.15 Å². The molecule has 4 nitrogen and oxygen atoms in total. The van der Waals surface area contributed by atoms with Crippen LogP contribution in [0.4, 0.5) is 0 Å². The minimum Gasteiger partial charge on any atom is -0.485 e. The lowest BCUT2D eigenvalue weighted by Gasteiger charge is -2.03. The van der Waals surface area contributed by atoms with Crippen LogP contribution < -0.4 is 4.74 Å². The van der Waals surface area contributed by atoms with Gasteiger partial charge in [0.25, 0.3) is 0 Å². The minimum absolute atomic E-state index is 0.455. The highest BCUT2D eigenvalue weighted by atomic mass is 35.5. The smallest absolute Gasteiger partial charge is 0.164 e. The topological polar surface area (TPSA) is 39.9 Å². The molecule has 0 bridgehead atoms. The molecule has 1 aliphatic heterocycles. The van der Waals surface area contributed by atoms with Crippen LogP contribution in [0.25, 0.3) is 10.9 Å². The van der Waals surface area contributed by atoms with E-state index in [4.69, 9.17) is 16.3 Å². The van der Waals surface area contributed by atoms with Gasteiger partial charge in [-0.3, -0.25) is 4.68 Å². The average Bonchev–Trinajstić information content (AvgIpc) is 2.55. The number of pyridine rings is 1. The van der Waals surface area contributed by atoms with Gasteiger partial charge in [-0.05, 0) is 5.57 Å². The highest BCUT2D eigenvalue weighted by molar-refractivity contribution is 6.34. The molecule has 0 aromatic carbocycles. The summed E-state index contributed by atoms with van der Waals surface area (Å²) in [6.45, 7) is 5.07. The van der Waals surface area contributed by atoms with Gasteiger partial charge in [-0.15, -0.1) is 0 Å². The van der Waals surface area contributed by atoms with Crippen LogP contribution in [0.5, 0.6) is 5.75 Å². The van der Waals surface area contributed by atoms with Crippen molar-refractivity contribution in [1.82, 2.24) is 14.8 Å². The van der Waals surface area contributed by atoms with E-state index >= 15 is 0 Å². The summed E-state index contributed by atoms with van der Waals surface area (Å²) in [7, 11) is 0. The van der Waals surface area contributed by atoms with Crippen molar-refractivity contribution in [3.05, 3.63) is 29.7 Å². The average molecular weight is 222 g/mol. The van der Waals surface area contributed by atoms with E-state index in [0.29, 0.717) is 24.1 Å². The summed E-state index contributed by atoms with van der Waals surface area (Å²) < 4.78 is 7.41. The zero-order valence-corrected chi connectivity index (χ0v) is 8.66. The van der Waals surface area contributed by atoms with E-state index in [1.807, 2.05) is 4.68 Å². The maximum Gasteiger partial charge on any atom is 0.164 e. The number of rotatable bonds is 0. The Morgan fingerprint density at radius 3 is 3.20 bits per heavy atom. The van der Waals surface area contributed by atoms with Gasteiger partial charge in [0.15, 0.2) is 5.75 Å². The van der Waals surface area contributed by atoms with Crippen molar-refractivity contribution < 1.29 is 4.74 Å². The Morgan fingerprint density at radius 2 is 2.33 bits per heavy atom. The largest absolute Gasteiger partial charge is 0.485 e. The molecule has 0 radical (unpaired) electrons. The van der Waals surface area contributed by atoms with Crippen LogP contribution in [0.15, 0.2) is 24.5 Å². The molecule has 2 aromatic rings. The predicted molar refractivity (Wildman–Crippen MR) is 57.2 cm³/mol. The SMILES string of the molecule is C=C1COc2cnc(Cl)c3cnn(c23)C1. The third-order valence-corrected chi connectivity index (χ3v) is 2.70. The standard InChI is InChI=1S/C10H8ClN3O/c1-6-4-14-9-7(2-13-14)10(11)12-3-8(9)15-5-6/h2-3H,1,4-5H2. The number of nitrogens with zero attached hydrogens (tertiary/aromatic N) is 3. The number of aromatic nitrogens is 3. The molecule has 0 amide bonds. The second-order valence-corrected chi connectivity index (χ2v) is 3.87. The van der Waals surface area contributed by atoms with Gasteiger partial charge in [0.1, 0.15) is 17.3 Å². The summed E-state index contributed by atoms with van der Waals surface area (Å²) in [6.07, 6.45) is 3.33. The molecule has 0 saturated carbocycles. The lowest BCUT2D eigenvalue weighted by Crippen LogP contribution is -2.03. The van der Waals surface area contributed by atoms with Gasteiger partial charge < -0.3 is 4.74 Å². The van der Waals surface area contributed by atoms with Gasteiger partial charge in [0, 0.05) is 0 Å². The van der Waals surface area contributed by atoms with Crippen LogP contribution in [-0.2, 0) is 6.54 Å². The molecular formula is C10H8ClN3O. The van der Waals surface area contributed by atoms with Crippen LogP contribution >= 0.6 is 11.6 Å². The monoisotopic (exact) mass is 221 g/mol. The first-order chi connectivity index (χ1) is 7.25. The molecule has 15 heavy (non-hydrogen) atoms. The molecule has 0 saturated heterocycles. The molecule has 0 aliphatic carbocycles. The molecule has 0 atom stereocenters. The summed E-state index contributed by atoms with van der Waals surface area (Å²) in [4.78, 5) is 4.05. The second-order valence-electron chi connectivity index (χ2n) is 3.52. The number of hydrogen-bond donors (Lipinski definition) is 0. The molecule has 3 rings (SSSR count). The van der Waals surface area contributed by atoms with Crippen molar-refractivity contribution in [3.8, 4) is 5.75 Å². The van der Waals surface area contributed by atoms with Crippen molar-refractivity contribution in [1.29, 1.82) is 0 Å². The van der Waals surface area contributed by atoms with E-state index in [-0.39, 0.29) is 0 Å². The van der Waals surface area contributed by atoms with E-state index in [1.165, 1.54) is 0 Å². The fourth-order valence-corrected chi connectivity index (χ4v) is 1.89. The van der Waals surface area contributed by atoms with Crippen molar-refractivity contribution >= 4 is 22.5 Å². The Morgan fingerprint density at radius 1 is 1.47 bits per heavy atom. The lowest BCUT2D eigenvalue weighted by molar-refractivity contribution is 0.355. The molecule has 0 fully saturated rings. The molecule has 5 heteroatoms. The third-order valence-electron chi connectivity index (χ3n) is 2.40. The first kappa shape index (κ1) is 8.73. The number of halogens is 1.